The molecule has 0 aliphatic carbocycles. The number of nitrogens with zero attached hydrogens (tertiary/aromatic N) is 3. The summed E-state index contributed by atoms with van der Waals surface area (Å²) >= 11 is 0. The zero-order valence-corrected chi connectivity index (χ0v) is 16.4. The molecule has 2 aromatic rings. The minimum absolute atomic E-state index is 0. The first-order valence-corrected chi connectivity index (χ1v) is 8.08. The Kier molecular flexibility index (Phi) is 6.23. The molecule has 1 heterocycles. The second-order valence-electron chi connectivity index (χ2n) is 6.66. The van der Waals surface area contributed by atoms with Gasteiger partial charge in [-0.1, -0.05) is 36.4 Å². The standard InChI is InChI=1S/C19H24N3O.HI/c1-22(2)15-13-20(14-16-22)19(23)21(17-9-5-3-6-10-17)18-11-7-4-8-12-18;/h3-12H,13-16H2,1-2H3;1H/q+1;/p-1. The Hall–Kier alpha value is -1.60. The van der Waals surface area contributed by atoms with E-state index in [9.17, 15) is 4.79 Å². The number of likely N-dealkylation sites (N-methyl/N-ethyl adjacent to an activating group) is 1. The van der Waals surface area contributed by atoms with Crippen LogP contribution in [0, 0.1) is 0 Å². The fourth-order valence-corrected chi connectivity index (χ4v) is 2.86. The predicted molar refractivity (Wildman–Crippen MR) is 93.8 cm³/mol. The van der Waals surface area contributed by atoms with Crippen molar-refractivity contribution in [2.24, 2.45) is 0 Å². The number of benzene rings is 2. The molecule has 0 atom stereocenters. The van der Waals surface area contributed by atoms with Gasteiger partial charge in [-0.3, -0.25) is 4.90 Å². The molecule has 3 rings (SSSR count). The molecule has 24 heavy (non-hydrogen) atoms. The van der Waals surface area contributed by atoms with Gasteiger partial charge >= 0.3 is 6.03 Å². The first kappa shape index (κ1) is 18.7. The van der Waals surface area contributed by atoms with E-state index in [1.54, 1.807) is 0 Å². The van der Waals surface area contributed by atoms with Crippen molar-refractivity contribution in [3.8, 4) is 0 Å². The molecule has 0 unspecified atom stereocenters. The van der Waals surface area contributed by atoms with Gasteiger partial charge in [-0.15, -0.1) is 0 Å². The third-order valence-corrected chi connectivity index (χ3v) is 4.44. The molecule has 5 heteroatoms. The molecule has 0 radical (unpaired) electrons. The van der Waals surface area contributed by atoms with E-state index in [2.05, 4.69) is 14.1 Å². The minimum Gasteiger partial charge on any atom is -1.00 e. The average molecular weight is 437 g/mol. The smallest absolute Gasteiger partial charge is 0.329 e. The summed E-state index contributed by atoms with van der Waals surface area (Å²) in [5.41, 5.74) is 1.81. The Balaban J connectivity index is 0.00000208. The maximum atomic E-state index is 13.2. The number of urea groups is 1. The third kappa shape index (κ3) is 4.27. The van der Waals surface area contributed by atoms with Crippen molar-refractivity contribution in [2.45, 2.75) is 0 Å². The van der Waals surface area contributed by atoms with Gasteiger partial charge in [0.05, 0.1) is 51.6 Å². The quantitative estimate of drug-likeness (QED) is 0.491. The third-order valence-electron chi connectivity index (χ3n) is 4.44. The van der Waals surface area contributed by atoms with E-state index in [0.29, 0.717) is 0 Å². The highest BCUT2D eigenvalue weighted by Gasteiger charge is 2.31. The maximum absolute atomic E-state index is 13.2. The molecule has 1 fully saturated rings. The lowest BCUT2D eigenvalue weighted by Gasteiger charge is -2.40. The molecule has 0 aromatic heterocycles. The van der Waals surface area contributed by atoms with Crippen LogP contribution < -0.4 is 28.9 Å². The fourth-order valence-electron chi connectivity index (χ4n) is 2.86. The normalized spacial score (nSPS) is 16.2. The van der Waals surface area contributed by atoms with Crippen LogP contribution in [0.2, 0.25) is 0 Å². The van der Waals surface area contributed by atoms with Crippen molar-refractivity contribution in [3.05, 3.63) is 60.7 Å². The van der Waals surface area contributed by atoms with E-state index in [4.69, 9.17) is 0 Å². The molecule has 0 spiro atoms. The average Bonchev–Trinajstić information content (AvgIpc) is 2.57. The molecule has 128 valence electrons. The highest BCUT2D eigenvalue weighted by atomic mass is 127. The first-order chi connectivity index (χ1) is 11.1. The van der Waals surface area contributed by atoms with Gasteiger partial charge in [-0.25, -0.2) is 4.79 Å². The number of anilines is 2. The van der Waals surface area contributed by atoms with Crippen LogP contribution >= 0.6 is 0 Å². The zero-order chi connectivity index (χ0) is 16.3. The highest BCUT2D eigenvalue weighted by Crippen LogP contribution is 2.27. The second-order valence-corrected chi connectivity index (χ2v) is 6.66. The molecule has 1 saturated heterocycles. The van der Waals surface area contributed by atoms with Crippen molar-refractivity contribution >= 4 is 17.4 Å². The van der Waals surface area contributed by atoms with E-state index in [-0.39, 0.29) is 30.0 Å². The number of piperazine rings is 1. The molecule has 0 bridgehead atoms. The summed E-state index contributed by atoms with van der Waals surface area (Å²) in [6.45, 7) is 3.57. The molecule has 0 saturated carbocycles. The number of hydrogen-bond acceptors (Lipinski definition) is 1. The summed E-state index contributed by atoms with van der Waals surface area (Å²) < 4.78 is 0.973. The summed E-state index contributed by atoms with van der Waals surface area (Å²) in [6.07, 6.45) is 0. The molecular weight excluding hydrogens is 413 g/mol. The summed E-state index contributed by atoms with van der Waals surface area (Å²) in [6, 6.07) is 19.8. The molecule has 0 N–H and O–H groups in total. The van der Waals surface area contributed by atoms with E-state index in [1.165, 1.54) is 0 Å². The number of hydrogen-bond donors (Lipinski definition) is 0. The lowest BCUT2D eigenvalue weighted by molar-refractivity contribution is -0.894. The van der Waals surface area contributed by atoms with Gasteiger partial charge in [0.15, 0.2) is 0 Å². The Morgan fingerprint density at radius 1 is 0.875 bits per heavy atom. The van der Waals surface area contributed by atoms with Crippen molar-refractivity contribution in [1.82, 2.24) is 4.90 Å². The highest BCUT2D eigenvalue weighted by molar-refractivity contribution is 5.99. The van der Waals surface area contributed by atoms with Crippen LogP contribution in [0.5, 0.6) is 0 Å². The predicted octanol–water partition coefficient (Wildman–Crippen LogP) is 0.341. The van der Waals surface area contributed by atoms with E-state index in [1.807, 2.05) is 70.5 Å². The Morgan fingerprint density at radius 3 is 1.71 bits per heavy atom. The number of amides is 2. The molecule has 2 aromatic carbocycles. The molecule has 4 nitrogen and oxygen atoms in total. The second kappa shape index (κ2) is 7.98. The number of halogens is 1. The lowest BCUT2D eigenvalue weighted by Crippen LogP contribution is -3.00. The van der Waals surface area contributed by atoms with Crippen molar-refractivity contribution < 1.29 is 33.3 Å². The van der Waals surface area contributed by atoms with Crippen LogP contribution in [0.3, 0.4) is 0 Å². The number of para-hydroxylation sites is 2. The van der Waals surface area contributed by atoms with Crippen molar-refractivity contribution in [3.63, 3.8) is 0 Å². The van der Waals surface area contributed by atoms with Crippen molar-refractivity contribution in [1.29, 1.82) is 0 Å². The van der Waals surface area contributed by atoms with Crippen LogP contribution in [0.25, 0.3) is 0 Å². The monoisotopic (exact) mass is 437 g/mol. The van der Waals surface area contributed by atoms with Crippen LogP contribution in [-0.2, 0) is 0 Å². The molecular formula is C19H24IN3O. The topological polar surface area (TPSA) is 23.6 Å². The maximum Gasteiger partial charge on any atom is 0.329 e. The number of carbonyl (C=O) groups is 1. The van der Waals surface area contributed by atoms with Gasteiger partial charge in [-0.05, 0) is 24.3 Å². The van der Waals surface area contributed by atoms with Gasteiger partial charge in [0, 0.05) is 0 Å². The van der Waals surface area contributed by atoms with E-state index < -0.39 is 0 Å². The number of rotatable bonds is 2. The van der Waals surface area contributed by atoms with Crippen LogP contribution in [0.1, 0.15) is 0 Å². The summed E-state index contributed by atoms with van der Waals surface area (Å²) in [5, 5.41) is 0. The summed E-state index contributed by atoms with van der Waals surface area (Å²) in [4.78, 5) is 16.9. The lowest BCUT2D eigenvalue weighted by atomic mass is 10.2. The Morgan fingerprint density at radius 2 is 1.29 bits per heavy atom. The van der Waals surface area contributed by atoms with Gasteiger partial charge in [0.2, 0.25) is 0 Å². The number of quaternary nitrogens is 1. The summed E-state index contributed by atoms with van der Waals surface area (Å²) in [7, 11) is 4.43. The van der Waals surface area contributed by atoms with Gasteiger partial charge < -0.3 is 33.4 Å². The van der Waals surface area contributed by atoms with Gasteiger partial charge in [0.25, 0.3) is 0 Å². The van der Waals surface area contributed by atoms with Gasteiger partial charge in [-0.2, -0.15) is 0 Å². The molecule has 1 aliphatic heterocycles. The zero-order valence-electron chi connectivity index (χ0n) is 14.2. The molecule has 1 aliphatic rings. The van der Waals surface area contributed by atoms with E-state index >= 15 is 0 Å². The van der Waals surface area contributed by atoms with Crippen LogP contribution in [-0.4, -0.2) is 55.7 Å². The molecule has 2 amide bonds. The van der Waals surface area contributed by atoms with E-state index in [0.717, 1.165) is 42.0 Å². The Bertz CT molecular complexity index is 611. The Labute approximate surface area is 161 Å². The van der Waals surface area contributed by atoms with Crippen LogP contribution in [0.15, 0.2) is 60.7 Å². The first-order valence-electron chi connectivity index (χ1n) is 8.08. The minimum atomic E-state index is 0. The fraction of sp³-hybridized carbons (Fsp3) is 0.316. The largest absolute Gasteiger partial charge is 1.00 e. The van der Waals surface area contributed by atoms with Crippen LogP contribution in [0.4, 0.5) is 16.2 Å². The summed E-state index contributed by atoms with van der Waals surface area (Å²) in [5.74, 6) is 0. The number of carbonyl (C=O) groups excluding carboxylic acids is 1. The van der Waals surface area contributed by atoms with Gasteiger partial charge in [0.1, 0.15) is 0 Å². The SMILES string of the molecule is C[N+]1(C)CCN(C(=O)N(c2ccccc2)c2ccccc2)CC1.[I-]. The van der Waals surface area contributed by atoms with Crippen molar-refractivity contribution in [2.75, 3.05) is 45.2 Å².